The predicted molar refractivity (Wildman–Crippen MR) is 47.1 cm³/mol. The zero-order valence-corrected chi connectivity index (χ0v) is 7.93. The van der Waals surface area contributed by atoms with Crippen molar-refractivity contribution in [2.75, 3.05) is 12.9 Å². The molecule has 1 aliphatic heterocycles. The normalized spacial score (nSPS) is 32.3. The zero-order chi connectivity index (χ0) is 9.14. The van der Waals surface area contributed by atoms with Crippen LogP contribution in [0.15, 0.2) is 5.16 Å². The van der Waals surface area contributed by atoms with Crippen LogP contribution in [0.4, 0.5) is 0 Å². The van der Waals surface area contributed by atoms with Crippen molar-refractivity contribution >= 4 is 35.0 Å². The standard InChI is InChI=1S/C6H8ClNO3S/c1-11-6(9)5-4(8-10)3(7)2-12-5/h3,5,10H,2H2,1H3/b8-4+. The Hall–Kier alpha value is -0.420. The zero-order valence-electron chi connectivity index (χ0n) is 6.36. The highest BCUT2D eigenvalue weighted by molar-refractivity contribution is 8.02. The number of oxime groups is 1. The summed E-state index contributed by atoms with van der Waals surface area (Å²) in [6, 6.07) is 0. The van der Waals surface area contributed by atoms with Gasteiger partial charge in [0.25, 0.3) is 0 Å². The second-order valence-electron chi connectivity index (χ2n) is 2.23. The first-order valence-electron chi connectivity index (χ1n) is 3.26. The number of hydrogen-bond donors (Lipinski definition) is 1. The number of halogens is 1. The highest BCUT2D eigenvalue weighted by Crippen LogP contribution is 2.28. The molecular formula is C6H8ClNO3S. The molecule has 1 N–H and O–H groups in total. The summed E-state index contributed by atoms with van der Waals surface area (Å²) in [4.78, 5) is 11.0. The summed E-state index contributed by atoms with van der Waals surface area (Å²) in [6.45, 7) is 0. The SMILES string of the molecule is COC(=O)C1SCC(Cl)/C1=N\O. The molecule has 0 aromatic rings. The summed E-state index contributed by atoms with van der Waals surface area (Å²) in [5.74, 6) is 0.150. The lowest BCUT2D eigenvalue weighted by Gasteiger charge is -2.05. The molecule has 1 rings (SSSR count). The predicted octanol–water partition coefficient (Wildman–Crippen LogP) is 0.712. The van der Waals surface area contributed by atoms with Crippen molar-refractivity contribution in [3.63, 3.8) is 0 Å². The molecule has 0 amide bonds. The maximum atomic E-state index is 11.0. The molecule has 4 nitrogen and oxygen atoms in total. The Morgan fingerprint density at radius 3 is 3.08 bits per heavy atom. The second kappa shape index (κ2) is 4.00. The summed E-state index contributed by atoms with van der Waals surface area (Å²) in [5.41, 5.74) is 0.286. The van der Waals surface area contributed by atoms with Crippen LogP contribution in [0.1, 0.15) is 0 Å². The number of thioether (sulfide) groups is 1. The van der Waals surface area contributed by atoms with Crippen LogP contribution in [-0.2, 0) is 9.53 Å². The molecule has 1 saturated heterocycles. The molecule has 0 saturated carbocycles. The molecule has 1 heterocycles. The van der Waals surface area contributed by atoms with Gasteiger partial charge in [-0.15, -0.1) is 23.4 Å². The first-order chi connectivity index (χ1) is 5.70. The van der Waals surface area contributed by atoms with Crippen molar-refractivity contribution in [1.29, 1.82) is 0 Å². The van der Waals surface area contributed by atoms with Gasteiger partial charge in [0.2, 0.25) is 0 Å². The molecule has 6 heteroatoms. The van der Waals surface area contributed by atoms with Gasteiger partial charge in [-0.05, 0) is 0 Å². The van der Waals surface area contributed by atoms with Crippen molar-refractivity contribution in [3.05, 3.63) is 0 Å². The van der Waals surface area contributed by atoms with Crippen molar-refractivity contribution in [3.8, 4) is 0 Å². The summed E-state index contributed by atoms with van der Waals surface area (Å²) in [7, 11) is 1.29. The number of carbonyl (C=O) groups excluding carboxylic acids is 1. The van der Waals surface area contributed by atoms with Crippen LogP contribution >= 0.6 is 23.4 Å². The van der Waals surface area contributed by atoms with Gasteiger partial charge < -0.3 is 9.94 Å². The third-order valence-electron chi connectivity index (χ3n) is 1.53. The maximum absolute atomic E-state index is 11.0. The molecule has 2 unspecified atom stereocenters. The number of carbonyl (C=O) groups is 1. The summed E-state index contributed by atoms with van der Waals surface area (Å²) in [6.07, 6.45) is 0. The Balaban J connectivity index is 2.74. The van der Waals surface area contributed by atoms with E-state index in [0.717, 1.165) is 0 Å². The van der Waals surface area contributed by atoms with Gasteiger partial charge in [-0.25, -0.2) is 0 Å². The first-order valence-corrected chi connectivity index (χ1v) is 4.74. The van der Waals surface area contributed by atoms with Crippen molar-refractivity contribution in [2.24, 2.45) is 5.16 Å². The molecule has 1 aliphatic rings. The van der Waals surface area contributed by atoms with Crippen molar-refractivity contribution in [1.82, 2.24) is 0 Å². The van der Waals surface area contributed by atoms with Crippen molar-refractivity contribution < 1.29 is 14.7 Å². The lowest BCUT2D eigenvalue weighted by Crippen LogP contribution is -2.28. The molecular weight excluding hydrogens is 202 g/mol. The van der Waals surface area contributed by atoms with Crippen LogP contribution in [0, 0.1) is 0 Å². The minimum Gasteiger partial charge on any atom is -0.468 e. The monoisotopic (exact) mass is 209 g/mol. The number of hydrogen-bond acceptors (Lipinski definition) is 5. The van der Waals surface area contributed by atoms with E-state index < -0.39 is 11.2 Å². The minimum absolute atomic E-state index is 0.286. The van der Waals surface area contributed by atoms with E-state index >= 15 is 0 Å². The Labute approximate surface area is 78.9 Å². The molecule has 12 heavy (non-hydrogen) atoms. The van der Waals surface area contributed by atoms with Gasteiger partial charge in [-0.3, -0.25) is 4.79 Å². The number of rotatable bonds is 1. The highest BCUT2D eigenvalue weighted by atomic mass is 35.5. The first kappa shape index (κ1) is 9.67. The van der Waals surface area contributed by atoms with Gasteiger partial charge in [0.1, 0.15) is 5.25 Å². The smallest absolute Gasteiger partial charge is 0.324 e. The Morgan fingerprint density at radius 1 is 1.92 bits per heavy atom. The Morgan fingerprint density at radius 2 is 2.58 bits per heavy atom. The quantitative estimate of drug-likeness (QED) is 0.299. The van der Waals surface area contributed by atoms with E-state index in [1.165, 1.54) is 18.9 Å². The van der Waals surface area contributed by atoms with E-state index in [2.05, 4.69) is 9.89 Å². The fourth-order valence-electron chi connectivity index (χ4n) is 0.927. The number of ether oxygens (including phenoxy) is 1. The molecule has 0 radical (unpaired) electrons. The van der Waals surface area contributed by atoms with Gasteiger partial charge >= 0.3 is 5.97 Å². The van der Waals surface area contributed by atoms with E-state index in [1.54, 1.807) is 0 Å². The van der Waals surface area contributed by atoms with Crippen LogP contribution in [-0.4, -0.2) is 40.4 Å². The van der Waals surface area contributed by atoms with Crippen LogP contribution in [0.5, 0.6) is 0 Å². The molecule has 0 spiro atoms. The van der Waals surface area contributed by atoms with E-state index in [-0.39, 0.29) is 11.1 Å². The topological polar surface area (TPSA) is 58.9 Å². The average Bonchev–Trinajstić information content (AvgIpc) is 2.45. The highest BCUT2D eigenvalue weighted by Gasteiger charge is 2.37. The number of nitrogens with zero attached hydrogens (tertiary/aromatic N) is 1. The molecule has 68 valence electrons. The van der Waals surface area contributed by atoms with E-state index in [0.29, 0.717) is 5.75 Å². The van der Waals surface area contributed by atoms with Crippen LogP contribution in [0.25, 0.3) is 0 Å². The lowest BCUT2D eigenvalue weighted by atomic mass is 10.2. The third-order valence-corrected chi connectivity index (χ3v) is 3.38. The van der Waals surface area contributed by atoms with Crippen LogP contribution < -0.4 is 0 Å². The largest absolute Gasteiger partial charge is 0.468 e. The van der Waals surface area contributed by atoms with Crippen LogP contribution in [0.2, 0.25) is 0 Å². The van der Waals surface area contributed by atoms with Crippen molar-refractivity contribution in [2.45, 2.75) is 10.6 Å². The van der Waals surface area contributed by atoms with E-state index in [9.17, 15) is 4.79 Å². The Bertz CT molecular complexity index is 221. The number of alkyl halides is 1. The molecule has 0 aromatic heterocycles. The second-order valence-corrected chi connectivity index (χ2v) is 3.89. The minimum atomic E-state index is -0.539. The third kappa shape index (κ3) is 1.67. The Kier molecular flexibility index (Phi) is 3.22. The fourth-order valence-corrected chi connectivity index (χ4v) is 2.54. The maximum Gasteiger partial charge on any atom is 0.324 e. The van der Waals surface area contributed by atoms with Crippen LogP contribution in [0.3, 0.4) is 0 Å². The molecule has 1 fully saturated rings. The molecule has 0 aliphatic carbocycles. The molecule has 2 atom stereocenters. The summed E-state index contributed by atoms with van der Waals surface area (Å²) >= 11 is 7.07. The van der Waals surface area contributed by atoms with Gasteiger partial charge in [0.15, 0.2) is 0 Å². The van der Waals surface area contributed by atoms with Gasteiger partial charge in [0.05, 0.1) is 18.2 Å². The van der Waals surface area contributed by atoms with Gasteiger partial charge in [-0.1, -0.05) is 5.16 Å². The molecule has 0 bridgehead atoms. The molecule has 0 aromatic carbocycles. The number of methoxy groups -OCH3 is 1. The van der Waals surface area contributed by atoms with E-state index in [1.807, 2.05) is 0 Å². The average molecular weight is 210 g/mol. The number of esters is 1. The summed E-state index contributed by atoms with van der Waals surface area (Å²) < 4.78 is 4.50. The van der Waals surface area contributed by atoms with Gasteiger partial charge in [0, 0.05) is 5.75 Å². The van der Waals surface area contributed by atoms with Gasteiger partial charge in [-0.2, -0.15) is 0 Å². The summed E-state index contributed by atoms with van der Waals surface area (Å²) in [5, 5.41) is 10.6. The fraction of sp³-hybridized carbons (Fsp3) is 0.667. The van der Waals surface area contributed by atoms with E-state index in [4.69, 9.17) is 16.8 Å². The lowest BCUT2D eigenvalue weighted by molar-refractivity contribution is -0.138.